The van der Waals surface area contributed by atoms with Crippen LogP contribution in [0.1, 0.15) is 16.7 Å². The molecule has 0 spiro atoms. The van der Waals surface area contributed by atoms with Crippen molar-refractivity contribution in [3.63, 3.8) is 0 Å². The zero-order chi connectivity index (χ0) is 23.1. The highest BCUT2D eigenvalue weighted by atomic mass is 79.9. The van der Waals surface area contributed by atoms with Gasteiger partial charge in [0, 0.05) is 10.0 Å². The average molecular weight is 539 g/mol. The molecule has 2 heterocycles. The second kappa shape index (κ2) is 8.85. The summed E-state index contributed by atoms with van der Waals surface area (Å²) in [5.41, 5.74) is 3.56. The first-order chi connectivity index (χ1) is 15.9. The van der Waals surface area contributed by atoms with E-state index in [1.165, 1.54) is 17.0 Å². The second-order valence-electron chi connectivity index (χ2n) is 7.63. The van der Waals surface area contributed by atoms with Gasteiger partial charge in [-0.1, -0.05) is 82.4 Å². The van der Waals surface area contributed by atoms with E-state index in [1.807, 2.05) is 48.5 Å². The van der Waals surface area contributed by atoms with Crippen LogP contribution in [-0.2, 0) is 22.7 Å². The number of hydrogen-bond acceptors (Lipinski definition) is 4. The van der Waals surface area contributed by atoms with E-state index in [2.05, 4.69) is 15.9 Å². The summed E-state index contributed by atoms with van der Waals surface area (Å²) >= 11 is 10.1. The van der Waals surface area contributed by atoms with Gasteiger partial charge in [-0.25, -0.2) is 4.39 Å². The number of carbonyl (C=O) groups is 2. The molecule has 2 amide bonds. The quantitative estimate of drug-likeness (QED) is 0.306. The van der Waals surface area contributed by atoms with Crippen LogP contribution in [0.4, 0.5) is 10.1 Å². The summed E-state index contributed by atoms with van der Waals surface area (Å²) in [6, 6.07) is 21.3. The number of thiocarbonyl (C=S) groups is 1. The summed E-state index contributed by atoms with van der Waals surface area (Å²) < 4.78 is 14.5. The molecule has 1 saturated heterocycles. The minimum absolute atomic E-state index is 0.217. The number of hydrogen-bond donors (Lipinski definition) is 0. The predicted molar refractivity (Wildman–Crippen MR) is 136 cm³/mol. The Morgan fingerprint density at radius 2 is 1.52 bits per heavy atom. The minimum atomic E-state index is -0.344. The fourth-order valence-corrected chi connectivity index (χ4v) is 5.59. The van der Waals surface area contributed by atoms with Gasteiger partial charge in [-0.15, -0.1) is 0 Å². The Balaban J connectivity index is 1.53. The molecular formula is C25H16BrFN2O2S2. The predicted octanol–water partition coefficient (Wildman–Crippen LogP) is 5.91. The van der Waals surface area contributed by atoms with Gasteiger partial charge in [0.2, 0.25) is 0 Å². The number of halogens is 2. The molecule has 5 rings (SSSR count). The minimum Gasteiger partial charge on any atom is -0.303 e. The van der Waals surface area contributed by atoms with Gasteiger partial charge >= 0.3 is 0 Å². The van der Waals surface area contributed by atoms with Gasteiger partial charge in [0.25, 0.3) is 11.8 Å². The molecular weight excluding hydrogens is 523 g/mol. The van der Waals surface area contributed by atoms with Crippen LogP contribution in [0.2, 0.25) is 0 Å². The lowest BCUT2D eigenvalue weighted by molar-refractivity contribution is -0.122. The lowest BCUT2D eigenvalue weighted by Crippen LogP contribution is -2.29. The van der Waals surface area contributed by atoms with Crippen molar-refractivity contribution < 1.29 is 14.0 Å². The topological polar surface area (TPSA) is 40.6 Å². The molecule has 0 atom stereocenters. The summed E-state index contributed by atoms with van der Waals surface area (Å²) in [4.78, 5) is 30.5. The first-order valence-corrected chi connectivity index (χ1v) is 12.1. The Hall–Kier alpha value is -2.81. The van der Waals surface area contributed by atoms with E-state index in [1.54, 1.807) is 17.0 Å². The van der Waals surface area contributed by atoms with E-state index < -0.39 is 0 Å². The third-order valence-corrected chi connectivity index (χ3v) is 7.43. The molecule has 3 aromatic rings. The maximum atomic E-state index is 13.6. The van der Waals surface area contributed by atoms with Gasteiger partial charge in [-0.2, -0.15) is 0 Å². The van der Waals surface area contributed by atoms with Crippen molar-refractivity contribution in [3.8, 4) is 0 Å². The SMILES string of the molecule is O=C1/C(=C2/C(=O)N(Cc3ccccc3)c3ccc(Br)cc32)SC(=S)N1Cc1ccc(F)cc1. The van der Waals surface area contributed by atoms with Crippen molar-refractivity contribution in [2.24, 2.45) is 0 Å². The van der Waals surface area contributed by atoms with Crippen molar-refractivity contribution in [1.29, 1.82) is 0 Å². The number of anilines is 1. The fraction of sp³-hybridized carbons (Fsp3) is 0.0800. The third-order valence-electron chi connectivity index (χ3n) is 5.49. The van der Waals surface area contributed by atoms with E-state index in [-0.39, 0.29) is 24.2 Å². The zero-order valence-electron chi connectivity index (χ0n) is 17.1. The van der Waals surface area contributed by atoms with Crippen molar-refractivity contribution >= 4 is 67.3 Å². The van der Waals surface area contributed by atoms with Crippen LogP contribution >= 0.6 is 39.9 Å². The molecule has 0 radical (unpaired) electrons. The highest BCUT2D eigenvalue weighted by Crippen LogP contribution is 2.46. The van der Waals surface area contributed by atoms with Gasteiger partial charge in [-0.3, -0.25) is 14.5 Å². The van der Waals surface area contributed by atoms with E-state index >= 15 is 0 Å². The number of nitrogens with zero attached hydrogens (tertiary/aromatic N) is 2. The largest absolute Gasteiger partial charge is 0.303 e. The summed E-state index contributed by atoms with van der Waals surface area (Å²) in [6.07, 6.45) is 0. The van der Waals surface area contributed by atoms with E-state index in [0.29, 0.717) is 26.9 Å². The molecule has 0 aliphatic carbocycles. The third kappa shape index (κ3) is 4.14. The summed E-state index contributed by atoms with van der Waals surface area (Å²) in [5, 5.41) is 0. The Morgan fingerprint density at radius 1 is 0.848 bits per heavy atom. The highest BCUT2D eigenvalue weighted by molar-refractivity contribution is 9.10. The molecule has 0 unspecified atom stereocenters. The van der Waals surface area contributed by atoms with Crippen LogP contribution in [-0.4, -0.2) is 21.0 Å². The van der Waals surface area contributed by atoms with E-state index in [0.717, 1.165) is 33.0 Å². The monoisotopic (exact) mass is 538 g/mol. The van der Waals surface area contributed by atoms with Crippen LogP contribution in [0.15, 0.2) is 82.2 Å². The van der Waals surface area contributed by atoms with Gasteiger partial charge in [0.1, 0.15) is 10.1 Å². The molecule has 2 aliphatic heterocycles. The molecule has 3 aromatic carbocycles. The molecule has 164 valence electrons. The Kier molecular flexibility index (Phi) is 5.90. The smallest absolute Gasteiger partial charge is 0.267 e. The van der Waals surface area contributed by atoms with Crippen LogP contribution < -0.4 is 4.90 Å². The number of fused-ring (bicyclic) bond motifs is 1. The summed E-state index contributed by atoms with van der Waals surface area (Å²) in [7, 11) is 0. The molecule has 33 heavy (non-hydrogen) atoms. The average Bonchev–Trinajstić information content (AvgIpc) is 3.23. The zero-order valence-corrected chi connectivity index (χ0v) is 20.3. The van der Waals surface area contributed by atoms with Crippen molar-refractivity contribution in [3.05, 3.63) is 105 Å². The van der Waals surface area contributed by atoms with Crippen LogP contribution in [0.25, 0.3) is 5.57 Å². The van der Waals surface area contributed by atoms with Crippen molar-refractivity contribution in [2.45, 2.75) is 13.1 Å². The number of benzene rings is 3. The molecule has 4 nitrogen and oxygen atoms in total. The van der Waals surface area contributed by atoms with E-state index in [4.69, 9.17) is 12.2 Å². The fourth-order valence-electron chi connectivity index (χ4n) is 3.90. The lowest BCUT2D eigenvalue weighted by Gasteiger charge is -2.17. The molecule has 0 bridgehead atoms. The molecule has 0 saturated carbocycles. The number of thioether (sulfide) groups is 1. The normalized spacial score (nSPS) is 17.8. The van der Waals surface area contributed by atoms with Crippen LogP contribution in [0.5, 0.6) is 0 Å². The molecule has 8 heteroatoms. The molecule has 0 aromatic heterocycles. The number of rotatable bonds is 4. The maximum absolute atomic E-state index is 13.6. The summed E-state index contributed by atoms with van der Waals surface area (Å²) in [5.74, 6) is -0.886. The maximum Gasteiger partial charge on any atom is 0.267 e. The highest BCUT2D eigenvalue weighted by Gasteiger charge is 2.42. The Morgan fingerprint density at radius 3 is 2.24 bits per heavy atom. The molecule has 0 N–H and O–H groups in total. The Bertz CT molecular complexity index is 1330. The van der Waals surface area contributed by atoms with Gasteiger partial charge < -0.3 is 4.90 Å². The second-order valence-corrected chi connectivity index (χ2v) is 10.2. The summed E-state index contributed by atoms with van der Waals surface area (Å²) in [6.45, 7) is 0.614. The molecule has 2 aliphatic rings. The standard InChI is InChI=1S/C25H16BrFN2O2S2/c26-17-8-11-20-19(12-17)21(23(30)28(20)13-15-4-2-1-3-5-15)22-24(31)29(25(32)33-22)14-16-6-9-18(27)10-7-16/h1-12H,13-14H2/b22-21-. The number of carbonyl (C=O) groups excluding carboxylic acids is 2. The Labute approximate surface area is 208 Å². The molecule has 1 fully saturated rings. The van der Waals surface area contributed by atoms with E-state index in [9.17, 15) is 14.0 Å². The van der Waals surface area contributed by atoms with Crippen LogP contribution in [0, 0.1) is 5.82 Å². The van der Waals surface area contributed by atoms with Gasteiger partial charge in [-0.05, 0) is 41.5 Å². The van der Waals surface area contributed by atoms with Gasteiger partial charge in [0.15, 0.2) is 0 Å². The van der Waals surface area contributed by atoms with Crippen LogP contribution in [0.3, 0.4) is 0 Å². The van der Waals surface area contributed by atoms with Crippen molar-refractivity contribution in [1.82, 2.24) is 4.90 Å². The van der Waals surface area contributed by atoms with Gasteiger partial charge in [0.05, 0.1) is 29.3 Å². The first-order valence-electron chi connectivity index (χ1n) is 10.1. The lowest BCUT2D eigenvalue weighted by atomic mass is 10.1. The van der Waals surface area contributed by atoms with Crippen molar-refractivity contribution in [2.75, 3.05) is 4.90 Å². The number of amides is 2. The first kappa shape index (κ1) is 22.0.